The predicted molar refractivity (Wildman–Crippen MR) is 163 cm³/mol. The fourth-order valence-electron chi connectivity index (χ4n) is 4.17. The van der Waals surface area contributed by atoms with Crippen molar-refractivity contribution in [1.82, 2.24) is 10.2 Å². The fourth-order valence-corrected chi connectivity index (χ4v) is 6.05. The van der Waals surface area contributed by atoms with Gasteiger partial charge in [-0.2, -0.15) is 0 Å². The minimum absolute atomic E-state index is 0.0269. The van der Waals surface area contributed by atoms with Gasteiger partial charge in [0.2, 0.25) is 11.8 Å². The Hall–Kier alpha value is -3.57. The van der Waals surface area contributed by atoms with Crippen molar-refractivity contribution in [2.24, 2.45) is 0 Å². The van der Waals surface area contributed by atoms with Gasteiger partial charge in [0.15, 0.2) is 0 Å². The first-order valence-corrected chi connectivity index (χ1v) is 15.5. The van der Waals surface area contributed by atoms with Crippen molar-refractivity contribution < 1.29 is 27.5 Å². The minimum Gasteiger partial charge on any atom is -0.497 e. The number of ether oxygens (including phenoxy) is 2. The van der Waals surface area contributed by atoms with Gasteiger partial charge in [-0.15, -0.1) is 0 Å². The largest absolute Gasteiger partial charge is 0.497 e. The van der Waals surface area contributed by atoms with E-state index in [1.165, 1.54) is 43.4 Å². The van der Waals surface area contributed by atoms with Crippen LogP contribution in [0, 0.1) is 0 Å². The summed E-state index contributed by atoms with van der Waals surface area (Å²) in [7, 11) is -1.32. The van der Waals surface area contributed by atoms with Crippen LogP contribution in [-0.2, 0) is 26.2 Å². The SMILES string of the molecule is CCCCNC(=O)[C@H](C)N(Cc1cccc(Br)c1)C(=O)CN(c1ccccc1OC)S(=O)(=O)c1ccc(OC)cc1. The number of anilines is 1. The van der Waals surface area contributed by atoms with Crippen molar-refractivity contribution in [3.63, 3.8) is 0 Å². The second-order valence-corrected chi connectivity index (χ2v) is 12.1. The first kappa shape index (κ1) is 32.0. The highest BCUT2D eigenvalue weighted by atomic mass is 79.9. The Kier molecular flexibility index (Phi) is 11.6. The lowest BCUT2D eigenvalue weighted by Crippen LogP contribution is -2.51. The lowest BCUT2D eigenvalue weighted by molar-refractivity contribution is -0.139. The summed E-state index contributed by atoms with van der Waals surface area (Å²) < 4.78 is 40.5. The van der Waals surface area contributed by atoms with Gasteiger partial charge in [-0.1, -0.05) is 53.5 Å². The third kappa shape index (κ3) is 8.23. The highest BCUT2D eigenvalue weighted by Crippen LogP contribution is 2.33. The minimum atomic E-state index is -4.24. The number of carbonyl (C=O) groups excluding carboxylic acids is 2. The van der Waals surface area contributed by atoms with Gasteiger partial charge in [-0.3, -0.25) is 13.9 Å². The molecule has 1 N–H and O–H groups in total. The molecular formula is C30H36BrN3O6S. The molecule has 0 aliphatic carbocycles. The Bertz CT molecular complexity index is 1430. The number of benzene rings is 3. The van der Waals surface area contributed by atoms with Crippen LogP contribution >= 0.6 is 15.9 Å². The van der Waals surface area contributed by atoms with Crippen molar-refractivity contribution in [2.75, 3.05) is 31.6 Å². The zero-order chi connectivity index (χ0) is 30.0. The molecule has 3 aromatic rings. The van der Waals surface area contributed by atoms with E-state index >= 15 is 0 Å². The lowest BCUT2D eigenvalue weighted by Gasteiger charge is -2.32. The molecule has 0 aromatic heterocycles. The van der Waals surface area contributed by atoms with Crippen LogP contribution in [0.25, 0.3) is 0 Å². The Morgan fingerprint density at radius 2 is 1.68 bits per heavy atom. The van der Waals surface area contributed by atoms with Crippen LogP contribution in [0.15, 0.2) is 82.2 Å². The van der Waals surface area contributed by atoms with Crippen LogP contribution < -0.4 is 19.1 Å². The molecule has 0 aliphatic rings. The van der Waals surface area contributed by atoms with E-state index in [0.29, 0.717) is 12.3 Å². The van der Waals surface area contributed by atoms with Crippen molar-refractivity contribution in [3.8, 4) is 11.5 Å². The first-order chi connectivity index (χ1) is 19.6. The topological polar surface area (TPSA) is 105 Å². The molecule has 3 rings (SSSR count). The summed E-state index contributed by atoms with van der Waals surface area (Å²) in [6.07, 6.45) is 1.71. The number of nitrogens with zero attached hydrogens (tertiary/aromatic N) is 2. The van der Waals surface area contributed by atoms with E-state index in [1.54, 1.807) is 31.2 Å². The third-order valence-electron chi connectivity index (χ3n) is 6.52. The number of halogens is 1. The van der Waals surface area contributed by atoms with E-state index in [2.05, 4.69) is 21.2 Å². The van der Waals surface area contributed by atoms with E-state index < -0.39 is 28.5 Å². The summed E-state index contributed by atoms with van der Waals surface area (Å²) in [5, 5.41) is 2.88. The Morgan fingerprint density at radius 3 is 2.32 bits per heavy atom. The molecule has 1 atom stereocenters. The van der Waals surface area contributed by atoms with Crippen LogP contribution in [0.2, 0.25) is 0 Å². The van der Waals surface area contributed by atoms with E-state index in [1.807, 2.05) is 31.2 Å². The Balaban J connectivity index is 2.04. The van der Waals surface area contributed by atoms with Crippen LogP contribution in [0.3, 0.4) is 0 Å². The van der Waals surface area contributed by atoms with Crippen LogP contribution in [0.5, 0.6) is 11.5 Å². The fraction of sp³-hybridized carbons (Fsp3) is 0.333. The van der Waals surface area contributed by atoms with Gasteiger partial charge in [0.25, 0.3) is 10.0 Å². The molecule has 0 unspecified atom stereocenters. The molecule has 220 valence electrons. The van der Waals surface area contributed by atoms with E-state index in [9.17, 15) is 18.0 Å². The van der Waals surface area contributed by atoms with Crippen molar-refractivity contribution in [3.05, 3.63) is 82.8 Å². The number of sulfonamides is 1. The number of rotatable bonds is 14. The van der Waals surface area contributed by atoms with Gasteiger partial charge < -0.3 is 19.7 Å². The number of para-hydroxylation sites is 2. The van der Waals surface area contributed by atoms with Gasteiger partial charge in [0.05, 0.1) is 24.8 Å². The third-order valence-corrected chi connectivity index (χ3v) is 8.79. The molecule has 0 saturated heterocycles. The average Bonchev–Trinajstić information content (AvgIpc) is 2.98. The van der Waals surface area contributed by atoms with Crippen LogP contribution in [0.1, 0.15) is 32.3 Å². The van der Waals surface area contributed by atoms with Gasteiger partial charge in [0.1, 0.15) is 24.1 Å². The molecule has 0 saturated carbocycles. The molecule has 0 radical (unpaired) electrons. The highest BCUT2D eigenvalue weighted by Gasteiger charge is 2.33. The van der Waals surface area contributed by atoms with E-state index in [4.69, 9.17) is 9.47 Å². The predicted octanol–water partition coefficient (Wildman–Crippen LogP) is 5.00. The molecule has 2 amide bonds. The first-order valence-electron chi connectivity index (χ1n) is 13.2. The molecule has 0 aliphatic heterocycles. The summed E-state index contributed by atoms with van der Waals surface area (Å²) >= 11 is 3.45. The zero-order valence-corrected chi connectivity index (χ0v) is 26.1. The van der Waals surface area contributed by atoms with Gasteiger partial charge in [-0.25, -0.2) is 8.42 Å². The maximum atomic E-state index is 14.0. The number of nitrogens with one attached hydrogen (secondary N) is 1. The Labute approximate surface area is 250 Å². The summed E-state index contributed by atoms with van der Waals surface area (Å²) in [5.74, 6) is -0.0944. The summed E-state index contributed by atoms with van der Waals surface area (Å²) in [6.45, 7) is 3.69. The molecule has 9 nitrogen and oxygen atoms in total. The summed E-state index contributed by atoms with van der Waals surface area (Å²) in [6, 6.07) is 19.0. The number of unbranched alkanes of at least 4 members (excludes halogenated alkanes) is 1. The van der Waals surface area contributed by atoms with Crippen molar-refractivity contribution in [2.45, 2.75) is 44.2 Å². The maximum absolute atomic E-state index is 14.0. The van der Waals surface area contributed by atoms with Gasteiger partial charge >= 0.3 is 0 Å². The standard InChI is InChI=1S/C30H36BrN3O6S/c1-5-6-18-32-30(36)22(2)33(20-23-10-9-11-24(31)19-23)29(35)21-34(27-12-7-8-13-28(27)40-4)41(37,38)26-16-14-25(39-3)15-17-26/h7-17,19,22H,5-6,18,20-21H2,1-4H3,(H,32,36)/t22-/m0/s1. The van der Waals surface area contributed by atoms with Crippen molar-refractivity contribution in [1.29, 1.82) is 0 Å². The molecule has 11 heteroatoms. The second kappa shape index (κ2) is 14.9. The molecule has 0 fully saturated rings. The van der Waals surface area contributed by atoms with Crippen LogP contribution in [0.4, 0.5) is 5.69 Å². The smallest absolute Gasteiger partial charge is 0.264 e. The monoisotopic (exact) mass is 645 g/mol. The molecule has 41 heavy (non-hydrogen) atoms. The molecule has 3 aromatic carbocycles. The van der Waals surface area contributed by atoms with Gasteiger partial charge in [-0.05, 0) is 67.4 Å². The number of hydrogen-bond acceptors (Lipinski definition) is 6. The number of carbonyl (C=O) groups is 2. The van der Waals surface area contributed by atoms with E-state index in [-0.39, 0.29) is 28.8 Å². The normalized spacial score (nSPS) is 11.8. The quantitative estimate of drug-likeness (QED) is 0.248. The average molecular weight is 647 g/mol. The number of amides is 2. The molecule has 0 heterocycles. The van der Waals surface area contributed by atoms with Gasteiger partial charge in [0, 0.05) is 17.6 Å². The zero-order valence-electron chi connectivity index (χ0n) is 23.7. The second-order valence-electron chi connectivity index (χ2n) is 9.33. The summed E-state index contributed by atoms with van der Waals surface area (Å²) in [5.41, 5.74) is 0.976. The van der Waals surface area contributed by atoms with Crippen molar-refractivity contribution >= 4 is 43.5 Å². The number of methoxy groups -OCH3 is 2. The Morgan fingerprint density at radius 1 is 0.976 bits per heavy atom. The van der Waals surface area contributed by atoms with E-state index in [0.717, 1.165) is 27.2 Å². The molecule has 0 spiro atoms. The summed E-state index contributed by atoms with van der Waals surface area (Å²) in [4.78, 5) is 28.5. The maximum Gasteiger partial charge on any atom is 0.264 e. The number of hydrogen-bond donors (Lipinski definition) is 1. The molecular weight excluding hydrogens is 610 g/mol. The highest BCUT2D eigenvalue weighted by molar-refractivity contribution is 9.10. The molecule has 0 bridgehead atoms. The van der Waals surface area contributed by atoms with Crippen LogP contribution in [-0.4, -0.2) is 58.5 Å². The lowest BCUT2D eigenvalue weighted by atomic mass is 10.1.